The van der Waals surface area contributed by atoms with Crippen molar-refractivity contribution in [1.82, 2.24) is 0 Å². The van der Waals surface area contributed by atoms with Crippen LogP contribution >= 0.6 is 34.8 Å². The molecule has 0 saturated heterocycles. The molecule has 1 N–H and O–H groups in total. The van der Waals surface area contributed by atoms with Crippen LogP contribution in [0.3, 0.4) is 0 Å². The average molecular weight is 290 g/mol. The largest absolute Gasteiger partial charge is 0.385 e. The molecule has 0 aliphatic carbocycles. The Morgan fingerprint density at radius 3 is 1.44 bits per heavy atom. The Balaban J connectivity index is 4.26. The van der Waals surface area contributed by atoms with Crippen molar-refractivity contribution in [2.24, 2.45) is 0 Å². The normalized spacial score (nSPS) is 13.1. The summed E-state index contributed by atoms with van der Waals surface area (Å²) in [7, 11) is 0. The maximum atomic E-state index is 10.4. The first kappa shape index (κ1) is 16.8. The summed E-state index contributed by atoms with van der Waals surface area (Å²) < 4.78 is -1.57. The molecule has 0 aromatic carbocycles. The zero-order chi connectivity index (χ0) is 12.7. The fourth-order valence-electron chi connectivity index (χ4n) is 1.74. The molecule has 0 unspecified atom stereocenters. The minimum atomic E-state index is -1.57. The summed E-state index contributed by atoms with van der Waals surface area (Å²) in [5, 5.41) is 10.4. The monoisotopic (exact) mass is 288 g/mol. The fraction of sp³-hybridized carbons (Fsp3) is 1.00. The van der Waals surface area contributed by atoms with Crippen molar-refractivity contribution < 1.29 is 5.11 Å². The highest BCUT2D eigenvalue weighted by atomic mass is 35.6. The van der Waals surface area contributed by atoms with E-state index in [0.717, 1.165) is 38.5 Å². The Hall–Kier alpha value is 0.830. The zero-order valence-electron chi connectivity index (χ0n) is 10.2. The summed E-state index contributed by atoms with van der Waals surface area (Å²) in [6.07, 6.45) is 7.30. The van der Waals surface area contributed by atoms with Gasteiger partial charge in [0.15, 0.2) is 0 Å². The highest BCUT2D eigenvalue weighted by Crippen LogP contribution is 2.44. The van der Waals surface area contributed by atoms with Gasteiger partial charge in [0.2, 0.25) is 3.79 Å². The van der Waals surface area contributed by atoms with Gasteiger partial charge < -0.3 is 5.11 Å². The second-order valence-corrected chi connectivity index (χ2v) is 6.72. The lowest BCUT2D eigenvalue weighted by Crippen LogP contribution is -2.42. The molecule has 0 aromatic heterocycles. The molecule has 0 heterocycles. The van der Waals surface area contributed by atoms with Gasteiger partial charge in [-0.1, -0.05) is 87.2 Å². The number of rotatable bonds is 8. The van der Waals surface area contributed by atoms with Crippen LogP contribution in [0.25, 0.3) is 0 Å². The third-order valence-electron chi connectivity index (χ3n) is 2.92. The second kappa shape index (κ2) is 8.02. The Morgan fingerprint density at radius 2 is 1.19 bits per heavy atom. The van der Waals surface area contributed by atoms with Crippen LogP contribution in [0.15, 0.2) is 0 Å². The minimum Gasteiger partial charge on any atom is -0.385 e. The molecule has 0 radical (unpaired) electrons. The molecule has 0 aliphatic heterocycles. The van der Waals surface area contributed by atoms with E-state index in [1.54, 1.807) is 0 Å². The van der Waals surface area contributed by atoms with E-state index < -0.39 is 9.39 Å². The van der Waals surface area contributed by atoms with Crippen molar-refractivity contribution in [1.29, 1.82) is 0 Å². The van der Waals surface area contributed by atoms with Crippen molar-refractivity contribution in [2.75, 3.05) is 0 Å². The zero-order valence-corrected chi connectivity index (χ0v) is 12.5. The molecule has 0 rings (SSSR count). The number of hydrogen-bond donors (Lipinski definition) is 1. The summed E-state index contributed by atoms with van der Waals surface area (Å²) in [6.45, 7) is 4.23. The Morgan fingerprint density at radius 1 is 0.812 bits per heavy atom. The topological polar surface area (TPSA) is 20.2 Å². The first-order valence-corrected chi connectivity index (χ1v) is 7.30. The molecule has 98 valence electrons. The quantitative estimate of drug-likeness (QED) is 0.478. The fourth-order valence-corrected chi connectivity index (χ4v) is 2.31. The van der Waals surface area contributed by atoms with Crippen LogP contribution in [0.4, 0.5) is 0 Å². The van der Waals surface area contributed by atoms with Gasteiger partial charge in [0.1, 0.15) is 5.60 Å². The number of alkyl halides is 3. The highest BCUT2D eigenvalue weighted by molar-refractivity contribution is 6.68. The molecular weight excluding hydrogens is 266 g/mol. The van der Waals surface area contributed by atoms with Gasteiger partial charge in [0, 0.05) is 0 Å². The predicted octanol–water partition coefficient (Wildman–Crippen LogP) is 5.25. The van der Waals surface area contributed by atoms with Gasteiger partial charge in [-0.15, -0.1) is 0 Å². The molecule has 0 saturated carbocycles. The third kappa shape index (κ3) is 5.95. The smallest absolute Gasteiger partial charge is 0.218 e. The molecule has 0 bridgehead atoms. The molecule has 4 heteroatoms. The van der Waals surface area contributed by atoms with Crippen molar-refractivity contribution in [3.05, 3.63) is 0 Å². The molecule has 0 spiro atoms. The van der Waals surface area contributed by atoms with Crippen LogP contribution in [0.2, 0.25) is 0 Å². The van der Waals surface area contributed by atoms with Gasteiger partial charge in [-0.05, 0) is 12.8 Å². The third-order valence-corrected chi connectivity index (χ3v) is 3.97. The van der Waals surface area contributed by atoms with Crippen LogP contribution in [-0.2, 0) is 0 Å². The maximum Gasteiger partial charge on any atom is 0.218 e. The van der Waals surface area contributed by atoms with Crippen molar-refractivity contribution in [3.8, 4) is 0 Å². The van der Waals surface area contributed by atoms with Crippen molar-refractivity contribution >= 4 is 34.8 Å². The SMILES string of the molecule is CCCCCC(O)(CCCCC)C(Cl)(Cl)Cl. The second-order valence-electron chi connectivity index (χ2n) is 4.44. The molecule has 0 atom stereocenters. The number of halogens is 3. The van der Waals surface area contributed by atoms with Crippen molar-refractivity contribution in [3.63, 3.8) is 0 Å². The van der Waals surface area contributed by atoms with Gasteiger partial charge >= 0.3 is 0 Å². The average Bonchev–Trinajstić information content (AvgIpc) is 2.17. The van der Waals surface area contributed by atoms with Gasteiger partial charge in [-0.2, -0.15) is 0 Å². The maximum absolute atomic E-state index is 10.4. The lowest BCUT2D eigenvalue weighted by Gasteiger charge is -2.35. The van der Waals surface area contributed by atoms with E-state index in [9.17, 15) is 5.11 Å². The summed E-state index contributed by atoms with van der Waals surface area (Å²) in [5.74, 6) is 0. The summed E-state index contributed by atoms with van der Waals surface area (Å²) >= 11 is 17.6. The van der Waals surface area contributed by atoms with E-state index >= 15 is 0 Å². The number of hydrogen-bond acceptors (Lipinski definition) is 1. The van der Waals surface area contributed by atoms with E-state index in [-0.39, 0.29) is 0 Å². The molecule has 0 aliphatic rings. The standard InChI is InChI=1S/C12H23Cl3O/c1-3-5-7-9-11(16,12(13,14)15)10-8-6-4-2/h16H,3-10H2,1-2H3. The van der Waals surface area contributed by atoms with E-state index in [1.165, 1.54) is 0 Å². The Bertz CT molecular complexity index is 168. The summed E-state index contributed by atoms with van der Waals surface area (Å²) in [6, 6.07) is 0. The van der Waals surface area contributed by atoms with Crippen LogP contribution in [-0.4, -0.2) is 14.5 Å². The van der Waals surface area contributed by atoms with Crippen LogP contribution in [0.1, 0.15) is 65.2 Å². The minimum absolute atomic E-state index is 0.570. The lowest BCUT2D eigenvalue weighted by molar-refractivity contribution is 0.0215. The van der Waals surface area contributed by atoms with Crippen LogP contribution in [0.5, 0.6) is 0 Å². The molecule has 0 amide bonds. The summed E-state index contributed by atoms with van der Waals surface area (Å²) in [4.78, 5) is 0. The summed E-state index contributed by atoms with van der Waals surface area (Å²) in [5.41, 5.74) is -1.16. The van der Waals surface area contributed by atoms with E-state index in [2.05, 4.69) is 13.8 Å². The Kier molecular flexibility index (Phi) is 8.44. The Labute approximate surface area is 114 Å². The molecular formula is C12H23Cl3O. The van der Waals surface area contributed by atoms with Crippen molar-refractivity contribution in [2.45, 2.75) is 74.6 Å². The molecule has 0 aromatic rings. The number of aliphatic hydroxyl groups is 1. The molecule has 0 fully saturated rings. The first-order chi connectivity index (χ1) is 7.37. The van der Waals surface area contributed by atoms with Crippen LogP contribution in [0, 0.1) is 0 Å². The van der Waals surface area contributed by atoms with Gasteiger partial charge in [-0.25, -0.2) is 0 Å². The van der Waals surface area contributed by atoms with E-state index in [1.807, 2.05) is 0 Å². The van der Waals surface area contributed by atoms with E-state index in [4.69, 9.17) is 34.8 Å². The lowest BCUT2D eigenvalue weighted by atomic mass is 9.91. The van der Waals surface area contributed by atoms with Crippen LogP contribution < -0.4 is 0 Å². The van der Waals surface area contributed by atoms with E-state index in [0.29, 0.717) is 12.8 Å². The first-order valence-electron chi connectivity index (χ1n) is 6.16. The highest BCUT2D eigenvalue weighted by Gasteiger charge is 2.45. The predicted molar refractivity (Wildman–Crippen MR) is 73.5 cm³/mol. The van der Waals surface area contributed by atoms with Gasteiger partial charge in [-0.3, -0.25) is 0 Å². The molecule has 1 nitrogen and oxygen atoms in total. The number of unbranched alkanes of at least 4 members (excludes halogenated alkanes) is 4. The van der Waals surface area contributed by atoms with Gasteiger partial charge in [0.25, 0.3) is 0 Å². The molecule has 16 heavy (non-hydrogen) atoms. The van der Waals surface area contributed by atoms with Gasteiger partial charge in [0.05, 0.1) is 0 Å².